The van der Waals surface area contributed by atoms with Crippen LogP contribution in [0.15, 0.2) is 42.7 Å². The van der Waals surface area contributed by atoms with Crippen molar-refractivity contribution in [2.24, 2.45) is 0 Å². The lowest BCUT2D eigenvalue weighted by Gasteiger charge is -2.47. The third-order valence-corrected chi connectivity index (χ3v) is 5.22. The first-order valence-electron chi connectivity index (χ1n) is 9.92. The summed E-state index contributed by atoms with van der Waals surface area (Å²) in [5.41, 5.74) is -0.313. The van der Waals surface area contributed by atoms with Gasteiger partial charge in [-0.3, -0.25) is 4.90 Å². The second kappa shape index (κ2) is 8.35. The number of fused-ring (bicyclic) bond motifs is 2. The summed E-state index contributed by atoms with van der Waals surface area (Å²) in [5.74, 6) is 0. The number of nitrogens with zero attached hydrogens (tertiary/aromatic N) is 2. The molecular weight excluding hydrogens is 372 g/mol. The summed E-state index contributed by atoms with van der Waals surface area (Å²) in [7, 11) is 1.56. The maximum Gasteiger partial charge on any atom is 0.411 e. The van der Waals surface area contributed by atoms with E-state index >= 15 is 0 Å². The van der Waals surface area contributed by atoms with Gasteiger partial charge in [0, 0.05) is 6.54 Å². The molecule has 2 bridgehead atoms. The van der Waals surface area contributed by atoms with Gasteiger partial charge in [-0.2, -0.15) is 0 Å². The van der Waals surface area contributed by atoms with Gasteiger partial charge in [0.2, 0.25) is 0 Å². The van der Waals surface area contributed by atoms with E-state index in [0.717, 1.165) is 18.4 Å². The number of hydrogen-bond donors (Lipinski definition) is 0. The molecule has 1 aromatic carbocycles. The van der Waals surface area contributed by atoms with Crippen molar-refractivity contribution < 1.29 is 23.8 Å². The molecule has 0 N–H and O–H groups in total. The van der Waals surface area contributed by atoms with Crippen molar-refractivity contribution in [3.63, 3.8) is 0 Å². The molecule has 2 amide bonds. The van der Waals surface area contributed by atoms with Gasteiger partial charge < -0.3 is 19.1 Å². The number of ether oxygens (including phenoxy) is 3. The Balaban J connectivity index is 1.74. The fraction of sp³-hybridized carbons (Fsp3) is 0.545. The molecule has 0 aliphatic carbocycles. The zero-order chi connectivity index (χ0) is 21.1. The van der Waals surface area contributed by atoms with Gasteiger partial charge in [-0.25, -0.2) is 9.59 Å². The van der Waals surface area contributed by atoms with Crippen LogP contribution < -0.4 is 0 Å². The van der Waals surface area contributed by atoms with Crippen LogP contribution in [0.1, 0.15) is 39.2 Å². The van der Waals surface area contributed by atoms with Crippen molar-refractivity contribution in [3.05, 3.63) is 48.2 Å². The number of amides is 2. The Bertz CT molecular complexity index is 758. The minimum atomic E-state index is -0.660. The lowest BCUT2D eigenvalue weighted by Crippen LogP contribution is -2.64. The van der Waals surface area contributed by atoms with Crippen LogP contribution in [0.4, 0.5) is 9.59 Å². The zero-order valence-electron chi connectivity index (χ0n) is 17.6. The van der Waals surface area contributed by atoms with Crippen LogP contribution in [0.25, 0.3) is 0 Å². The van der Waals surface area contributed by atoms with Gasteiger partial charge in [-0.1, -0.05) is 30.3 Å². The van der Waals surface area contributed by atoms with Crippen LogP contribution in [0.5, 0.6) is 0 Å². The molecule has 0 spiro atoms. The predicted molar refractivity (Wildman–Crippen MR) is 108 cm³/mol. The monoisotopic (exact) mass is 402 g/mol. The molecule has 2 aliphatic rings. The molecule has 1 aromatic rings. The van der Waals surface area contributed by atoms with Crippen molar-refractivity contribution in [1.29, 1.82) is 0 Å². The van der Waals surface area contributed by atoms with Crippen LogP contribution in [-0.2, 0) is 20.8 Å². The summed E-state index contributed by atoms with van der Waals surface area (Å²) in [4.78, 5) is 29.1. The molecule has 2 heterocycles. The molecule has 7 heteroatoms. The largest absolute Gasteiger partial charge is 0.505 e. The summed E-state index contributed by atoms with van der Waals surface area (Å²) in [6.07, 6.45) is 4.21. The highest BCUT2D eigenvalue weighted by Crippen LogP contribution is 2.41. The number of methoxy groups -OCH3 is 1. The summed E-state index contributed by atoms with van der Waals surface area (Å²) in [5, 5.41) is 0. The number of hydrogen-bond acceptors (Lipinski definition) is 5. The maximum absolute atomic E-state index is 12.9. The topological polar surface area (TPSA) is 68.3 Å². The van der Waals surface area contributed by atoms with E-state index in [1.165, 1.54) is 0 Å². The SMILES string of the molecule is CO/C=C/C12CCC(CN(C(=O)OCc3ccccc3)C1)N2C(=O)OC(C)(C)C. The van der Waals surface area contributed by atoms with E-state index in [-0.39, 0.29) is 24.8 Å². The second-order valence-corrected chi connectivity index (χ2v) is 8.61. The quantitative estimate of drug-likeness (QED) is 0.714. The summed E-state index contributed by atoms with van der Waals surface area (Å²) in [6, 6.07) is 9.45. The van der Waals surface area contributed by atoms with E-state index in [2.05, 4.69) is 0 Å². The molecule has 29 heavy (non-hydrogen) atoms. The van der Waals surface area contributed by atoms with Gasteiger partial charge in [0.1, 0.15) is 12.2 Å². The molecule has 2 fully saturated rings. The second-order valence-electron chi connectivity index (χ2n) is 8.61. The lowest BCUT2D eigenvalue weighted by molar-refractivity contribution is -0.0216. The molecule has 0 radical (unpaired) electrons. The summed E-state index contributed by atoms with van der Waals surface area (Å²) < 4.78 is 16.3. The highest BCUT2D eigenvalue weighted by atomic mass is 16.6. The Hall–Kier alpha value is -2.70. The highest BCUT2D eigenvalue weighted by molar-refractivity contribution is 5.73. The fourth-order valence-electron chi connectivity index (χ4n) is 4.01. The van der Waals surface area contributed by atoms with Gasteiger partial charge in [0.25, 0.3) is 0 Å². The number of rotatable bonds is 4. The van der Waals surface area contributed by atoms with E-state index in [1.807, 2.05) is 57.2 Å². The first-order valence-corrected chi connectivity index (χ1v) is 9.92. The first-order chi connectivity index (χ1) is 13.7. The molecular formula is C22H30N2O5. The van der Waals surface area contributed by atoms with Gasteiger partial charge >= 0.3 is 12.2 Å². The maximum atomic E-state index is 12.9. The smallest absolute Gasteiger partial charge is 0.411 e. The average Bonchev–Trinajstić information content (AvgIpc) is 2.91. The van der Waals surface area contributed by atoms with Gasteiger partial charge in [0.15, 0.2) is 0 Å². The van der Waals surface area contributed by atoms with E-state index in [0.29, 0.717) is 13.1 Å². The molecule has 7 nitrogen and oxygen atoms in total. The van der Waals surface area contributed by atoms with Crippen LogP contribution in [-0.4, -0.2) is 59.4 Å². The Kier molecular flexibility index (Phi) is 6.05. The molecule has 2 unspecified atom stereocenters. The molecule has 158 valence electrons. The highest BCUT2D eigenvalue weighted by Gasteiger charge is 2.54. The average molecular weight is 402 g/mol. The number of piperazine rings is 1. The fourth-order valence-corrected chi connectivity index (χ4v) is 4.01. The third kappa shape index (κ3) is 4.83. The van der Waals surface area contributed by atoms with Crippen molar-refractivity contribution in [2.75, 3.05) is 20.2 Å². The van der Waals surface area contributed by atoms with Crippen LogP contribution in [0, 0.1) is 0 Å². The number of benzene rings is 1. The minimum absolute atomic E-state index is 0.121. The normalized spacial score (nSPS) is 23.9. The van der Waals surface area contributed by atoms with Crippen molar-refractivity contribution >= 4 is 12.2 Å². The lowest BCUT2D eigenvalue weighted by atomic mass is 9.95. The summed E-state index contributed by atoms with van der Waals surface area (Å²) >= 11 is 0. The number of likely N-dealkylation sites (tertiary alicyclic amines) is 1. The summed E-state index contributed by atoms with van der Waals surface area (Å²) in [6.45, 7) is 6.54. The standard InChI is InChI=1S/C22H30N2O5/c1-21(2,3)29-20(26)24-18-10-11-22(24,12-13-27-4)16-23(14-18)19(25)28-15-17-8-6-5-7-9-17/h5-9,12-13,18H,10-11,14-16H2,1-4H3/b13-12+. The van der Waals surface area contributed by atoms with Crippen LogP contribution >= 0.6 is 0 Å². The number of carbonyl (C=O) groups excluding carboxylic acids is 2. The molecule has 0 aromatic heterocycles. The molecule has 2 aliphatic heterocycles. The Labute approximate surface area is 172 Å². The van der Waals surface area contributed by atoms with Crippen molar-refractivity contribution in [1.82, 2.24) is 9.80 Å². The van der Waals surface area contributed by atoms with Gasteiger partial charge in [-0.15, -0.1) is 0 Å². The molecule has 2 atom stereocenters. The van der Waals surface area contributed by atoms with E-state index in [1.54, 1.807) is 23.2 Å². The van der Waals surface area contributed by atoms with Crippen LogP contribution in [0.3, 0.4) is 0 Å². The van der Waals surface area contributed by atoms with Crippen molar-refractivity contribution in [3.8, 4) is 0 Å². The first kappa shape index (κ1) is 21.0. The molecule has 3 rings (SSSR count). The predicted octanol–water partition coefficient (Wildman–Crippen LogP) is 3.94. The molecule has 2 saturated heterocycles. The van der Waals surface area contributed by atoms with E-state index in [4.69, 9.17) is 14.2 Å². The van der Waals surface area contributed by atoms with Crippen LogP contribution in [0.2, 0.25) is 0 Å². The van der Waals surface area contributed by atoms with Gasteiger partial charge in [-0.05, 0) is 45.3 Å². The van der Waals surface area contributed by atoms with Crippen molar-refractivity contribution in [2.45, 2.75) is 57.4 Å². The minimum Gasteiger partial charge on any atom is -0.505 e. The Morgan fingerprint density at radius 1 is 1.21 bits per heavy atom. The Morgan fingerprint density at radius 3 is 2.59 bits per heavy atom. The number of carbonyl (C=O) groups is 2. The molecule has 0 saturated carbocycles. The Morgan fingerprint density at radius 2 is 1.93 bits per heavy atom. The zero-order valence-corrected chi connectivity index (χ0v) is 17.6. The third-order valence-electron chi connectivity index (χ3n) is 5.22. The van der Waals surface area contributed by atoms with E-state index in [9.17, 15) is 9.59 Å². The van der Waals surface area contributed by atoms with Gasteiger partial charge in [0.05, 0.1) is 31.5 Å². The van der Waals surface area contributed by atoms with E-state index < -0.39 is 11.1 Å².